The van der Waals surface area contributed by atoms with Gasteiger partial charge in [-0.3, -0.25) is 0 Å². The molecular weight excluding hydrogens is 234 g/mol. The number of aliphatic hydroxyl groups is 1. The predicted molar refractivity (Wildman–Crippen MR) is 68.3 cm³/mol. The molecule has 0 spiro atoms. The minimum Gasteiger partial charge on any atom is -0.486 e. The lowest BCUT2D eigenvalue weighted by Gasteiger charge is -2.07. The van der Waals surface area contributed by atoms with E-state index in [4.69, 9.17) is 4.74 Å². The predicted octanol–water partition coefficient (Wildman–Crippen LogP) is 3.08. The van der Waals surface area contributed by atoms with E-state index in [-0.39, 0.29) is 0 Å². The zero-order chi connectivity index (χ0) is 12.3. The molecule has 0 aliphatic rings. The van der Waals surface area contributed by atoms with E-state index < -0.39 is 6.10 Å². The van der Waals surface area contributed by atoms with Gasteiger partial charge in [0.2, 0.25) is 0 Å². The number of rotatable bonds is 4. The number of nitrogens with zero attached hydrogens (tertiary/aromatic N) is 1. The molecule has 3 nitrogen and oxygen atoms in total. The van der Waals surface area contributed by atoms with Crippen LogP contribution in [0.15, 0.2) is 29.6 Å². The molecule has 0 fully saturated rings. The van der Waals surface area contributed by atoms with E-state index in [0.717, 1.165) is 22.0 Å². The van der Waals surface area contributed by atoms with Crippen molar-refractivity contribution >= 4 is 11.3 Å². The number of hydrogen-bond donors (Lipinski definition) is 1. The topological polar surface area (TPSA) is 42.4 Å². The van der Waals surface area contributed by atoms with E-state index in [1.807, 2.05) is 36.6 Å². The lowest BCUT2D eigenvalue weighted by molar-refractivity contribution is 0.199. The van der Waals surface area contributed by atoms with Crippen molar-refractivity contribution in [1.82, 2.24) is 4.98 Å². The van der Waals surface area contributed by atoms with E-state index in [9.17, 15) is 5.11 Å². The van der Waals surface area contributed by atoms with Crippen molar-refractivity contribution in [3.8, 4) is 5.75 Å². The van der Waals surface area contributed by atoms with Crippen LogP contribution in [0, 0.1) is 6.92 Å². The van der Waals surface area contributed by atoms with Gasteiger partial charge in [0.1, 0.15) is 17.4 Å². The minimum absolute atomic E-state index is 0.439. The first-order valence-electron chi connectivity index (χ1n) is 5.47. The van der Waals surface area contributed by atoms with Gasteiger partial charge in [0, 0.05) is 11.1 Å². The summed E-state index contributed by atoms with van der Waals surface area (Å²) in [6.07, 6.45) is -0.439. The van der Waals surface area contributed by atoms with E-state index in [0.29, 0.717) is 6.61 Å². The Bertz CT molecular complexity index is 476. The second-order valence-electron chi connectivity index (χ2n) is 3.92. The van der Waals surface area contributed by atoms with Crippen molar-refractivity contribution in [3.05, 3.63) is 45.9 Å². The molecule has 1 unspecified atom stereocenters. The lowest BCUT2D eigenvalue weighted by Crippen LogP contribution is -1.96. The molecule has 0 aliphatic heterocycles. The highest BCUT2D eigenvalue weighted by Crippen LogP contribution is 2.19. The van der Waals surface area contributed by atoms with E-state index >= 15 is 0 Å². The number of ether oxygens (including phenoxy) is 1. The van der Waals surface area contributed by atoms with Crippen molar-refractivity contribution < 1.29 is 9.84 Å². The number of aromatic nitrogens is 1. The van der Waals surface area contributed by atoms with Gasteiger partial charge in [-0.25, -0.2) is 4.98 Å². The number of hydrogen-bond acceptors (Lipinski definition) is 4. The van der Waals surface area contributed by atoms with Crippen LogP contribution in [-0.2, 0) is 6.61 Å². The van der Waals surface area contributed by atoms with Crippen molar-refractivity contribution in [2.45, 2.75) is 26.6 Å². The quantitative estimate of drug-likeness (QED) is 0.905. The Labute approximate surface area is 105 Å². The first kappa shape index (κ1) is 12.1. The van der Waals surface area contributed by atoms with Crippen LogP contribution < -0.4 is 4.74 Å². The van der Waals surface area contributed by atoms with Gasteiger partial charge >= 0.3 is 0 Å². The number of benzene rings is 1. The summed E-state index contributed by atoms with van der Waals surface area (Å²) in [5, 5.41) is 12.4. The molecule has 1 aromatic heterocycles. The smallest absolute Gasteiger partial charge is 0.140 e. The van der Waals surface area contributed by atoms with Crippen LogP contribution in [0.5, 0.6) is 5.75 Å². The molecular formula is C13H15NO2S. The van der Waals surface area contributed by atoms with Crippen LogP contribution in [0.1, 0.15) is 29.3 Å². The molecule has 1 N–H and O–H groups in total. The number of aliphatic hydroxyl groups excluding tert-OH is 1. The Morgan fingerprint density at radius 3 is 2.59 bits per heavy atom. The molecule has 90 valence electrons. The van der Waals surface area contributed by atoms with E-state index in [1.54, 1.807) is 18.3 Å². The van der Waals surface area contributed by atoms with Gasteiger partial charge < -0.3 is 9.84 Å². The van der Waals surface area contributed by atoms with Gasteiger partial charge in [-0.1, -0.05) is 12.1 Å². The van der Waals surface area contributed by atoms with E-state index in [1.165, 1.54) is 0 Å². The first-order chi connectivity index (χ1) is 8.15. The fourth-order valence-corrected chi connectivity index (χ4v) is 2.14. The fraction of sp³-hybridized carbons (Fsp3) is 0.308. The van der Waals surface area contributed by atoms with Crippen LogP contribution >= 0.6 is 11.3 Å². The Morgan fingerprint density at radius 1 is 1.35 bits per heavy atom. The van der Waals surface area contributed by atoms with Gasteiger partial charge in [0.15, 0.2) is 0 Å². The van der Waals surface area contributed by atoms with Gasteiger partial charge in [0.05, 0.1) is 6.10 Å². The van der Waals surface area contributed by atoms with Crippen LogP contribution in [0.4, 0.5) is 0 Å². The fourth-order valence-electron chi connectivity index (χ4n) is 1.46. The van der Waals surface area contributed by atoms with Crippen LogP contribution in [0.25, 0.3) is 0 Å². The van der Waals surface area contributed by atoms with Gasteiger partial charge in [-0.2, -0.15) is 0 Å². The molecule has 0 radical (unpaired) electrons. The Hall–Kier alpha value is -1.39. The third-order valence-electron chi connectivity index (χ3n) is 2.39. The summed E-state index contributed by atoms with van der Waals surface area (Å²) in [6, 6.07) is 7.46. The molecule has 0 saturated heterocycles. The van der Waals surface area contributed by atoms with Gasteiger partial charge in [0.25, 0.3) is 0 Å². The number of aryl methyl sites for hydroxylation is 1. The monoisotopic (exact) mass is 249 g/mol. The average Bonchev–Trinajstić information content (AvgIpc) is 2.73. The van der Waals surface area contributed by atoms with Crippen molar-refractivity contribution in [2.24, 2.45) is 0 Å². The Kier molecular flexibility index (Phi) is 3.76. The van der Waals surface area contributed by atoms with Crippen LogP contribution in [0.3, 0.4) is 0 Å². The summed E-state index contributed by atoms with van der Waals surface area (Å²) < 4.78 is 5.61. The summed E-state index contributed by atoms with van der Waals surface area (Å²) in [7, 11) is 0. The zero-order valence-electron chi connectivity index (χ0n) is 9.88. The summed E-state index contributed by atoms with van der Waals surface area (Å²) in [5.74, 6) is 0.794. The van der Waals surface area contributed by atoms with E-state index in [2.05, 4.69) is 4.98 Å². The molecule has 17 heavy (non-hydrogen) atoms. The van der Waals surface area contributed by atoms with Gasteiger partial charge in [-0.15, -0.1) is 11.3 Å². The maximum absolute atomic E-state index is 9.38. The summed E-state index contributed by atoms with van der Waals surface area (Å²) in [6.45, 7) is 4.21. The van der Waals surface area contributed by atoms with Gasteiger partial charge in [-0.05, 0) is 31.5 Å². The zero-order valence-corrected chi connectivity index (χ0v) is 10.7. The molecule has 0 bridgehead atoms. The molecule has 2 aromatic rings. The summed E-state index contributed by atoms with van der Waals surface area (Å²) in [5.41, 5.74) is 1.92. The average molecular weight is 249 g/mol. The number of thiazole rings is 1. The van der Waals surface area contributed by atoms with Crippen molar-refractivity contribution in [1.29, 1.82) is 0 Å². The molecule has 2 rings (SSSR count). The Balaban J connectivity index is 1.95. The maximum Gasteiger partial charge on any atom is 0.140 e. The molecule has 0 aliphatic carbocycles. The third kappa shape index (κ3) is 3.28. The minimum atomic E-state index is -0.439. The first-order valence-corrected chi connectivity index (χ1v) is 6.35. The highest BCUT2D eigenvalue weighted by atomic mass is 32.1. The molecule has 4 heteroatoms. The highest BCUT2D eigenvalue weighted by molar-refractivity contribution is 7.09. The van der Waals surface area contributed by atoms with Crippen LogP contribution in [-0.4, -0.2) is 10.1 Å². The molecule has 1 heterocycles. The molecule has 0 amide bonds. The second kappa shape index (κ2) is 5.29. The largest absolute Gasteiger partial charge is 0.486 e. The SMILES string of the molecule is Cc1csc(COc2ccc(C(C)O)cc2)n1. The summed E-state index contributed by atoms with van der Waals surface area (Å²) in [4.78, 5) is 4.33. The molecule has 0 saturated carbocycles. The Morgan fingerprint density at radius 2 is 2.06 bits per heavy atom. The highest BCUT2D eigenvalue weighted by Gasteiger charge is 2.02. The lowest BCUT2D eigenvalue weighted by atomic mass is 10.1. The molecule has 1 atom stereocenters. The normalized spacial score (nSPS) is 12.4. The molecule has 1 aromatic carbocycles. The third-order valence-corrected chi connectivity index (χ3v) is 3.33. The van der Waals surface area contributed by atoms with Crippen LogP contribution in [0.2, 0.25) is 0 Å². The second-order valence-corrected chi connectivity index (χ2v) is 4.86. The van der Waals surface area contributed by atoms with Crippen molar-refractivity contribution in [2.75, 3.05) is 0 Å². The maximum atomic E-state index is 9.38. The standard InChI is InChI=1S/C13H15NO2S/c1-9-8-17-13(14-9)7-16-12-5-3-11(4-6-12)10(2)15/h3-6,8,10,15H,7H2,1-2H3. The summed E-state index contributed by atoms with van der Waals surface area (Å²) >= 11 is 1.60. The van der Waals surface area contributed by atoms with Crippen molar-refractivity contribution in [3.63, 3.8) is 0 Å².